The van der Waals surface area contributed by atoms with Crippen LogP contribution in [0.4, 0.5) is 0 Å². The van der Waals surface area contributed by atoms with Gasteiger partial charge in [-0.05, 0) is 38.3 Å². The zero-order chi connectivity index (χ0) is 12.8. The van der Waals surface area contributed by atoms with Crippen LogP contribution < -0.4 is 0 Å². The maximum atomic E-state index is 11.0. The largest absolute Gasteiger partial charge is 0.389 e. The number of pyridine rings is 1. The molecule has 2 heterocycles. The van der Waals surface area contributed by atoms with E-state index in [2.05, 4.69) is 24.9 Å². The van der Waals surface area contributed by atoms with Crippen LogP contribution in [0.2, 0.25) is 0 Å². The number of aromatic nitrogens is 1. The van der Waals surface area contributed by atoms with Gasteiger partial charge in [-0.2, -0.15) is 0 Å². The summed E-state index contributed by atoms with van der Waals surface area (Å²) in [5.74, 6) is 0.183. The highest BCUT2D eigenvalue weighted by Gasteiger charge is 2.46. The van der Waals surface area contributed by atoms with Gasteiger partial charge < -0.3 is 9.84 Å². The first-order chi connectivity index (χ1) is 8.58. The van der Waals surface area contributed by atoms with Crippen LogP contribution in [0.25, 0.3) is 0 Å². The van der Waals surface area contributed by atoms with Gasteiger partial charge in [-0.1, -0.05) is 6.07 Å². The molecule has 0 aromatic carbocycles. The zero-order valence-corrected chi connectivity index (χ0v) is 11.1. The van der Waals surface area contributed by atoms with Crippen LogP contribution >= 0.6 is 0 Å². The summed E-state index contributed by atoms with van der Waals surface area (Å²) in [6.07, 6.45) is 5.60. The van der Waals surface area contributed by atoms with Crippen molar-refractivity contribution in [3.05, 3.63) is 29.6 Å². The Morgan fingerprint density at radius 3 is 2.78 bits per heavy atom. The molecule has 2 aliphatic rings. The molecule has 1 N–H and O–H groups in total. The third-order valence-corrected chi connectivity index (χ3v) is 4.35. The van der Waals surface area contributed by atoms with Crippen LogP contribution in [0.3, 0.4) is 0 Å². The lowest BCUT2D eigenvalue weighted by Gasteiger charge is -2.42. The molecule has 3 nitrogen and oxygen atoms in total. The van der Waals surface area contributed by atoms with Gasteiger partial charge in [-0.3, -0.25) is 4.98 Å². The predicted octanol–water partition coefficient (Wildman–Crippen LogP) is 2.43. The molecular weight excluding hydrogens is 226 g/mol. The summed E-state index contributed by atoms with van der Waals surface area (Å²) < 4.78 is 5.75. The van der Waals surface area contributed by atoms with Crippen LogP contribution in [0.1, 0.15) is 50.3 Å². The molecule has 1 aliphatic carbocycles. The van der Waals surface area contributed by atoms with Crippen LogP contribution in [-0.4, -0.2) is 27.9 Å². The predicted molar refractivity (Wildman–Crippen MR) is 69.5 cm³/mol. The van der Waals surface area contributed by atoms with E-state index in [-0.39, 0.29) is 18.1 Å². The molecule has 3 heteroatoms. The highest BCUT2D eigenvalue weighted by atomic mass is 16.5. The van der Waals surface area contributed by atoms with Crippen molar-refractivity contribution in [2.75, 3.05) is 0 Å². The first kappa shape index (κ1) is 12.1. The number of hydrogen-bond donors (Lipinski definition) is 1. The molecule has 0 spiro atoms. The fraction of sp³-hybridized carbons (Fsp3) is 0.667. The number of nitrogens with zero attached hydrogens (tertiary/aromatic N) is 1. The SMILES string of the molecule is CC1CC(O)(C2CCc3cccnc32)CC(C)O1. The Labute approximate surface area is 108 Å². The maximum Gasteiger partial charge on any atom is 0.0780 e. The zero-order valence-electron chi connectivity index (χ0n) is 11.1. The minimum Gasteiger partial charge on any atom is -0.389 e. The Hall–Kier alpha value is -0.930. The van der Waals surface area contributed by atoms with E-state index >= 15 is 0 Å². The van der Waals surface area contributed by atoms with Crippen LogP contribution in [-0.2, 0) is 11.2 Å². The first-order valence-electron chi connectivity index (χ1n) is 6.90. The summed E-state index contributed by atoms with van der Waals surface area (Å²) >= 11 is 0. The quantitative estimate of drug-likeness (QED) is 0.828. The number of hydrogen-bond acceptors (Lipinski definition) is 3. The normalized spacial score (nSPS) is 39.6. The number of ether oxygens (including phenoxy) is 1. The molecule has 0 saturated carbocycles. The average Bonchev–Trinajstić information content (AvgIpc) is 2.71. The van der Waals surface area contributed by atoms with Gasteiger partial charge in [-0.15, -0.1) is 0 Å². The first-order valence-corrected chi connectivity index (χ1v) is 6.90. The fourth-order valence-corrected chi connectivity index (χ4v) is 3.79. The van der Waals surface area contributed by atoms with E-state index < -0.39 is 5.60 Å². The number of aryl methyl sites for hydroxylation is 1. The maximum absolute atomic E-state index is 11.0. The van der Waals surface area contributed by atoms with Gasteiger partial charge in [0.2, 0.25) is 0 Å². The average molecular weight is 247 g/mol. The molecule has 98 valence electrons. The van der Waals surface area contributed by atoms with Gasteiger partial charge >= 0.3 is 0 Å². The monoisotopic (exact) mass is 247 g/mol. The third kappa shape index (κ3) is 1.95. The summed E-state index contributed by atoms with van der Waals surface area (Å²) in [4.78, 5) is 4.51. The van der Waals surface area contributed by atoms with Gasteiger partial charge in [-0.25, -0.2) is 0 Å². The van der Waals surface area contributed by atoms with E-state index in [1.165, 1.54) is 5.56 Å². The van der Waals surface area contributed by atoms with Gasteiger partial charge in [0.15, 0.2) is 0 Å². The van der Waals surface area contributed by atoms with Crippen LogP contribution in [0.15, 0.2) is 18.3 Å². The molecule has 1 aromatic rings. The van der Waals surface area contributed by atoms with Crippen molar-refractivity contribution in [2.45, 2.75) is 63.3 Å². The van der Waals surface area contributed by atoms with E-state index in [0.717, 1.165) is 31.4 Å². The topological polar surface area (TPSA) is 42.4 Å². The van der Waals surface area contributed by atoms with E-state index in [0.29, 0.717) is 0 Å². The standard InChI is InChI=1S/C15H21NO2/c1-10-8-15(17,9-11(2)18-10)13-6-5-12-4-3-7-16-14(12)13/h3-4,7,10-11,13,17H,5-6,8-9H2,1-2H3. The number of aliphatic hydroxyl groups is 1. The second-order valence-electron chi connectivity index (χ2n) is 5.91. The van der Waals surface area contributed by atoms with Crippen molar-refractivity contribution >= 4 is 0 Å². The van der Waals surface area contributed by atoms with Crippen molar-refractivity contribution in [1.29, 1.82) is 0 Å². The molecule has 0 bridgehead atoms. The fourth-order valence-electron chi connectivity index (χ4n) is 3.79. The molecule has 1 fully saturated rings. The summed E-state index contributed by atoms with van der Waals surface area (Å²) in [5.41, 5.74) is 1.78. The molecule has 0 radical (unpaired) electrons. The molecule has 0 amide bonds. The Kier molecular flexibility index (Phi) is 2.91. The number of rotatable bonds is 1. The van der Waals surface area contributed by atoms with E-state index in [4.69, 9.17) is 4.74 Å². The minimum atomic E-state index is -0.642. The molecule has 18 heavy (non-hydrogen) atoms. The van der Waals surface area contributed by atoms with Crippen molar-refractivity contribution < 1.29 is 9.84 Å². The molecule has 3 unspecified atom stereocenters. The van der Waals surface area contributed by atoms with E-state index in [1.54, 1.807) is 0 Å². The Bertz CT molecular complexity index is 436. The lowest BCUT2D eigenvalue weighted by molar-refractivity contribution is -0.142. The number of fused-ring (bicyclic) bond motifs is 1. The molecule has 1 saturated heterocycles. The molecule has 3 rings (SSSR count). The van der Waals surface area contributed by atoms with E-state index in [9.17, 15) is 5.11 Å². The second kappa shape index (κ2) is 4.32. The summed E-state index contributed by atoms with van der Waals surface area (Å²) in [7, 11) is 0. The van der Waals surface area contributed by atoms with Crippen LogP contribution in [0.5, 0.6) is 0 Å². The Balaban J connectivity index is 1.91. The van der Waals surface area contributed by atoms with Crippen molar-refractivity contribution in [3.8, 4) is 0 Å². The third-order valence-electron chi connectivity index (χ3n) is 4.35. The summed E-state index contributed by atoms with van der Waals surface area (Å²) in [5, 5.41) is 11.0. The van der Waals surface area contributed by atoms with Gasteiger partial charge in [0.1, 0.15) is 0 Å². The van der Waals surface area contributed by atoms with Crippen molar-refractivity contribution in [3.63, 3.8) is 0 Å². The van der Waals surface area contributed by atoms with E-state index in [1.807, 2.05) is 12.3 Å². The minimum absolute atomic E-state index is 0.131. The van der Waals surface area contributed by atoms with Crippen molar-refractivity contribution in [2.24, 2.45) is 0 Å². The lowest BCUT2D eigenvalue weighted by atomic mass is 9.76. The smallest absolute Gasteiger partial charge is 0.0780 e. The molecular formula is C15H21NO2. The van der Waals surface area contributed by atoms with Gasteiger partial charge in [0, 0.05) is 30.7 Å². The molecule has 1 aliphatic heterocycles. The molecule has 1 aromatic heterocycles. The van der Waals surface area contributed by atoms with Gasteiger partial charge in [0.25, 0.3) is 0 Å². The molecule has 3 atom stereocenters. The Morgan fingerprint density at radius 1 is 1.33 bits per heavy atom. The van der Waals surface area contributed by atoms with Crippen LogP contribution in [0, 0.1) is 0 Å². The lowest BCUT2D eigenvalue weighted by Crippen LogP contribution is -2.47. The van der Waals surface area contributed by atoms with Gasteiger partial charge in [0.05, 0.1) is 17.8 Å². The van der Waals surface area contributed by atoms with Crippen molar-refractivity contribution in [1.82, 2.24) is 4.98 Å². The Morgan fingerprint density at radius 2 is 2.06 bits per heavy atom. The summed E-state index contributed by atoms with van der Waals surface area (Å²) in [6, 6.07) is 4.12. The highest BCUT2D eigenvalue weighted by Crippen LogP contribution is 2.46. The highest BCUT2D eigenvalue weighted by molar-refractivity contribution is 5.31. The summed E-state index contributed by atoms with van der Waals surface area (Å²) in [6.45, 7) is 4.10. The second-order valence-corrected chi connectivity index (χ2v) is 5.91.